The van der Waals surface area contributed by atoms with Crippen LogP contribution in [0.25, 0.3) is 11.1 Å². The lowest BCUT2D eigenvalue weighted by atomic mass is 10.3. The van der Waals surface area contributed by atoms with E-state index < -0.39 is 0 Å². The molecule has 4 nitrogen and oxygen atoms in total. The fourth-order valence-electron chi connectivity index (χ4n) is 1.33. The summed E-state index contributed by atoms with van der Waals surface area (Å²) in [5, 5.41) is 0. The zero-order valence-corrected chi connectivity index (χ0v) is 7.40. The van der Waals surface area contributed by atoms with Crippen molar-refractivity contribution in [1.29, 1.82) is 0 Å². The second-order valence-electron chi connectivity index (χ2n) is 2.73. The van der Waals surface area contributed by atoms with E-state index in [1.165, 1.54) is 4.57 Å². The monoisotopic (exact) mass is 179 g/mol. The summed E-state index contributed by atoms with van der Waals surface area (Å²) in [5.41, 5.74) is 1.24. The summed E-state index contributed by atoms with van der Waals surface area (Å²) in [6.07, 6.45) is 0. The molecule has 0 fully saturated rings. The molecule has 0 saturated carbocycles. The van der Waals surface area contributed by atoms with Gasteiger partial charge in [0.2, 0.25) is 0 Å². The van der Waals surface area contributed by atoms with Crippen LogP contribution in [0.15, 0.2) is 27.4 Å². The summed E-state index contributed by atoms with van der Waals surface area (Å²) in [4.78, 5) is 11.1. The van der Waals surface area contributed by atoms with Gasteiger partial charge in [0.05, 0.1) is 7.11 Å². The van der Waals surface area contributed by atoms with Gasteiger partial charge in [0.15, 0.2) is 5.58 Å². The van der Waals surface area contributed by atoms with Gasteiger partial charge >= 0.3 is 5.76 Å². The maximum atomic E-state index is 11.1. The highest BCUT2D eigenvalue weighted by atomic mass is 16.5. The van der Waals surface area contributed by atoms with E-state index in [2.05, 4.69) is 0 Å². The summed E-state index contributed by atoms with van der Waals surface area (Å²) in [5.74, 6) is 0.269. The van der Waals surface area contributed by atoms with Crippen LogP contribution in [0.3, 0.4) is 0 Å². The molecular weight excluding hydrogens is 170 g/mol. The van der Waals surface area contributed by atoms with E-state index in [0.29, 0.717) is 16.8 Å². The molecular formula is C9H9NO3. The van der Waals surface area contributed by atoms with Crippen molar-refractivity contribution in [2.45, 2.75) is 0 Å². The zero-order valence-electron chi connectivity index (χ0n) is 7.40. The molecule has 0 radical (unpaired) electrons. The number of rotatable bonds is 1. The quantitative estimate of drug-likeness (QED) is 0.659. The fraction of sp³-hybridized carbons (Fsp3) is 0.222. The number of aromatic nitrogens is 1. The van der Waals surface area contributed by atoms with Crippen LogP contribution >= 0.6 is 0 Å². The van der Waals surface area contributed by atoms with Crippen LogP contribution in [-0.4, -0.2) is 11.7 Å². The molecule has 0 unspecified atom stereocenters. The van der Waals surface area contributed by atoms with E-state index in [0.717, 1.165) is 0 Å². The van der Waals surface area contributed by atoms with Gasteiger partial charge in [-0.3, -0.25) is 4.57 Å². The Morgan fingerprint density at radius 2 is 2.23 bits per heavy atom. The number of aryl methyl sites for hydroxylation is 1. The largest absolute Gasteiger partial charge is 0.494 e. The molecule has 2 aromatic rings. The van der Waals surface area contributed by atoms with Crippen molar-refractivity contribution < 1.29 is 9.15 Å². The number of para-hydroxylation sites is 1. The van der Waals surface area contributed by atoms with Crippen molar-refractivity contribution in [2.75, 3.05) is 7.11 Å². The van der Waals surface area contributed by atoms with Crippen molar-refractivity contribution in [3.63, 3.8) is 0 Å². The Morgan fingerprint density at radius 3 is 2.92 bits per heavy atom. The smallest absolute Gasteiger partial charge is 0.419 e. The summed E-state index contributed by atoms with van der Waals surface area (Å²) in [6, 6.07) is 5.31. The van der Waals surface area contributed by atoms with Gasteiger partial charge < -0.3 is 9.15 Å². The minimum Gasteiger partial charge on any atom is -0.494 e. The topological polar surface area (TPSA) is 44.4 Å². The summed E-state index contributed by atoms with van der Waals surface area (Å²) >= 11 is 0. The minimum absolute atomic E-state index is 0.375. The lowest BCUT2D eigenvalue weighted by Crippen LogP contribution is -2.08. The van der Waals surface area contributed by atoms with Gasteiger partial charge in [-0.15, -0.1) is 0 Å². The van der Waals surface area contributed by atoms with Gasteiger partial charge in [0, 0.05) is 7.05 Å². The number of methoxy groups -OCH3 is 1. The van der Waals surface area contributed by atoms with Crippen molar-refractivity contribution in [3.05, 3.63) is 28.7 Å². The van der Waals surface area contributed by atoms with E-state index in [-0.39, 0.29) is 5.76 Å². The molecule has 1 aromatic carbocycles. The van der Waals surface area contributed by atoms with Gasteiger partial charge in [-0.05, 0) is 12.1 Å². The predicted octanol–water partition coefficient (Wildman–Crippen LogP) is 1.14. The first kappa shape index (κ1) is 7.91. The van der Waals surface area contributed by atoms with Gasteiger partial charge in [-0.2, -0.15) is 0 Å². The average Bonchev–Trinajstić information content (AvgIpc) is 2.43. The van der Waals surface area contributed by atoms with E-state index >= 15 is 0 Å². The first-order chi connectivity index (χ1) is 6.24. The molecule has 1 aromatic heterocycles. The number of ether oxygens (including phenoxy) is 1. The lowest BCUT2D eigenvalue weighted by Gasteiger charge is -2.00. The van der Waals surface area contributed by atoms with Gasteiger partial charge in [0.1, 0.15) is 11.3 Å². The van der Waals surface area contributed by atoms with E-state index in [4.69, 9.17) is 9.15 Å². The van der Waals surface area contributed by atoms with Gasteiger partial charge in [-0.25, -0.2) is 4.79 Å². The molecule has 1 heterocycles. The third-order valence-electron chi connectivity index (χ3n) is 1.99. The van der Waals surface area contributed by atoms with E-state index in [1.807, 2.05) is 0 Å². The first-order valence-electron chi connectivity index (χ1n) is 3.86. The van der Waals surface area contributed by atoms with Gasteiger partial charge in [-0.1, -0.05) is 6.07 Å². The van der Waals surface area contributed by atoms with Crippen LogP contribution in [0.5, 0.6) is 5.75 Å². The minimum atomic E-state index is -0.375. The van der Waals surface area contributed by atoms with Crippen molar-refractivity contribution in [1.82, 2.24) is 4.57 Å². The van der Waals surface area contributed by atoms with Crippen LogP contribution in [0.1, 0.15) is 0 Å². The molecule has 0 aliphatic carbocycles. The van der Waals surface area contributed by atoms with E-state index in [1.54, 1.807) is 32.4 Å². The molecule has 2 rings (SSSR count). The third kappa shape index (κ3) is 1.02. The van der Waals surface area contributed by atoms with Crippen LogP contribution in [0, 0.1) is 0 Å². The predicted molar refractivity (Wildman–Crippen MR) is 48.0 cm³/mol. The molecule has 0 amide bonds. The number of fused-ring (bicyclic) bond motifs is 1. The Balaban J connectivity index is 2.95. The zero-order chi connectivity index (χ0) is 9.42. The number of oxazole rings is 1. The maximum absolute atomic E-state index is 11.1. The SMILES string of the molecule is COc1cccc2oc(=O)n(C)c12. The third-order valence-corrected chi connectivity index (χ3v) is 1.99. The van der Waals surface area contributed by atoms with Crippen LogP contribution in [0.4, 0.5) is 0 Å². The molecule has 4 heteroatoms. The highest BCUT2D eigenvalue weighted by Gasteiger charge is 2.09. The molecule has 0 aliphatic rings. The van der Waals surface area contributed by atoms with Crippen LogP contribution < -0.4 is 10.5 Å². The van der Waals surface area contributed by atoms with Crippen LogP contribution in [0.2, 0.25) is 0 Å². The maximum Gasteiger partial charge on any atom is 0.419 e. The Morgan fingerprint density at radius 1 is 1.46 bits per heavy atom. The molecule has 0 bridgehead atoms. The first-order valence-corrected chi connectivity index (χ1v) is 3.86. The Labute approximate surface area is 74.3 Å². The Bertz CT molecular complexity index is 495. The second kappa shape index (κ2) is 2.65. The molecule has 0 atom stereocenters. The number of benzene rings is 1. The van der Waals surface area contributed by atoms with E-state index in [9.17, 15) is 4.79 Å². The Kier molecular flexibility index (Phi) is 1.62. The second-order valence-corrected chi connectivity index (χ2v) is 2.73. The molecule has 0 N–H and O–H groups in total. The van der Waals surface area contributed by atoms with Crippen molar-refractivity contribution in [2.24, 2.45) is 7.05 Å². The fourth-order valence-corrected chi connectivity index (χ4v) is 1.33. The molecule has 0 spiro atoms. The van der Waals surface area contributed by atoms with Crippen LogP contribution in [-0.2, 0) is 7.05 Å². The standard InChI is InChI=1S/C9H9NO3/c1-10-8-6(12-2)4-3-5-7(8)13-9(10)11/h3-5H,1-2H3. The highest BCUT2D eigenvalue weighted by Crippen LogP contribution is 2.23. The number of nitrogens with zero attached hydrogens (tertiary/aromatic N) is 1. The normalized spacial score (nSPS) is 10.6. The molecule has 0 saturated heterocycles. The van der Waals surface area contributed by atoms with Crippen molar-refractivity contribution >= 4 is 11.1 Å². The Hall–Kier alpha value is -1.71. The molecule has 13 heavy (non-hydrogen) atoms. The highest BCUT2D eigenvalue weighted by molar-refractivity contribution is 5.79. The molecule has 68 valence electrons. The van der Waals surface area contributed by atoms with Gasteiger partial charge in [0.25, 0.3) is 0 Å². The summed E-state index contributed by atoms with van der Waals surface area (Å²) in [7, 11) is 3.21. The number of hydrogen-bond donors (Lipinski definition) is 0. The lowest BCUT2D eigenvalue weighted by molar-refractivity contribution is 0.418. The average molecular weight is 179 g/mol. The number of hydrogen-bond acceptors (Lipinski definition) is 3. The summed E-state index contributed by atoms with van der Waals surface area (Å²) < 4.78 is 11.5. The van der Waals surface area contributed by atoms with Crippen molar-refractivity contribution in [3.8, 4) is 5.75 Å². The summed E-state index contributed by atoms with van der Waals surface area (Å²) in [6.45, 7) is 0. The molecule has 0 aliphatic heterocycles.